The Hall–Kier alpha value is -1.45. The van der Waals surface area contributed by atoms with Gasteiger partial charge in [-0.3, -0.25) is 4.18 Å². The van der Waals surface area contributed by atoms with Gasteiger partial charge in [-0.2, -0.15) is 0 Å². The van der Waals surface area contributed by atoms with Gasteiger partial charge >= 0.3 is 0 Å². The first-order chi connectivity index (χ1) is 12.2. The molecule has 0 saturated heterocycles. The van der Waals surface area contributed by atoms with E-state index in [0.29, 0.717) is 6.61 Å². The maximum absolute atomic E-state index is 12.8. The smallest absolute Gasteiger partial charge is 0.189 e. The lowest BCUT2D eigenvalue weighted by molar-refractivity contribution is 0.115. The molecule has 0 fully saturated rings. The molecular weight excluding hydrogens is 328 g/mol. The van der Waals surface area contributed by atoms with Crippen LogP contribution in [0.15, 0.2) is 59.5 Å². The van der Waals surface area contributed by atoms with E-state index in [2.05, 4.69) is 50.2 Å². The van der Waals surface area contributed by atoms with Crippen molar-refractivity contribution >= 4 is 11.1 Å². The molecule has 1 aliphatic rings. The van der Waals surface area contributed by atoms with Crippen LogP contribution >= 0.6 is 0 Å². The zero-order valence-corrected chi connectivity index (χ0v) is 16.1. The molecule has 0 N–H and O–H groups in total. The molecule has 3 atom stereocenters. The van der Waals surface area contributed by atoms with Crippen LogP contribution in [0.5, 0.6) is 0 Å². The van der Waals surface area contributed by atoms with E-state index in [0.717, 1.165) is 29.7 Å². The first kappa shape index (κ1) is 18.3. The van der Waals surface area contributed by atoms with Gasteiger partial charge in [0.15, 0.2) is 11.1 Å². The predicted molar refractivity (Wildman–Crippen MR) is 104 cm³/mol. The molecule has 3 heteroatoms. The minimum Gasteiger partial charge on any atom is -0.286 e. The highest BCUT2D eigenvalue weighted by molar-refractivity contribution is 7.80. The Morgan fingerprint density at radius 1 is 1.08 bits per heavy atom. The number of benzene rings is 2. The molecule has 3 rings (SSSR count). The fourth-order valence-electron chi connectivity index (χ4n) is 3.90. The summed E-state index contributed by atoms with van der Waals surface area (Å²) in [5.41, 5.74) is 2.55. The van der Waals surface area contributed by atoms with Crippen LogP contribution in [0.3, 0.4) is 0 Å². The first-order valence-corrected chi connectivity index (χ1v) is 10.5. The topological polar surface area (TPSA) is 26.3 Å². The maximum Gasteiger partial charge on any atom is 0.189 e. The molecule has 2 nitrogen and oxygen atoms in total. The molecular formula is C22H28O2S. The number of hydrogen-bond acceptors (Lipinski definition) is 2. The van der Waals surface area contributed by atoms with Crippen LogP contribution in [0.25, 0.3) is 0 Å². The molecule has 0 saturated carbocycles. The van der Waals surface area contributed by atoms with Gasteiger partial charge in [0.1, 0.15) is 0 Å². The highest BCUT2D eigenvalue weighted by Crippen LogP contribution is 2.45. The van der Waals surface area contributed by atoms with Crippen molar-refractivity contribution in [1.29, 1.82) is 0 Å². The van der Waals surface area contributed by atoms with E-state index in [9.17, 15) is 4.21 Å². The highest BCUT2D eigenvalue weighted by Gasteiger charge is 2.36. The van der Waals surface area contributed by atoms with Crippen LogP contribution in [0.1, 0.15) is 63.0 Å². The number of fused-ring (bicyclic) bond motifs is 1. The van der Waals surface area contributed by atoms with Gasteiger partial charge in [0.25, 0.3) is 0 Å². The van der Waals surface area contributed by atoms with E-state index >= 15 is 0 Å². The standard InChI is InChI=1S/C22H28O2S/c1-3-5-15-22(4-2)16-20(18-11-7-6-8-12-18)19-13-9-10-14-21(19)25(23)24-17-22/h6-14,20H,3-5,15-17H2,1-2H3/t20-,22+,25?/m1/s1. The van der Waals surface area contributed by atoms with Gasteiger partial charge in [-0.25, -0.2) is 4.21 Å². The molecule has 0 aromatic heterocycles. The summed E-state index contributed by atoms with van der Waals surface area (Å²) in [5.74, 6) is 0.266. The van der Waals surface area contributed by atoms with Crippen molar-refractivity contribution in [1.82, 2.24) is 0 Å². The maximum atomic E-state index is 12.8. The van der Waals surface area contributed by atoms with E-state index in [1.807, 2.05) is 18.2 Å². The SMILES string of the molecule is CCCC[C@]1(CC)COS(=O)c2ccccc2[C@@H](c2ccccc2)C1. The van der Waals surface area contributed by atoms with Gasteiger partial charge in [-0.05, 0) is 41.9 Å². The van der Waals surface area contributed by atoms with Crippen molar-refractivity contribution < 1.29 is 8.39 Å². The van der Waals surface area contributed by atoms with E-state index in [-0.39, 0.29) is 11.3 Å². The third-order valence-corrected chi connectivity index (χ3v) is 6.66. The number of unbranched alkanes of at least 4 members (excludes halogenated alkanes) is 1. The number of rotatable bonds is 5. The minimum atomic E-state index is -1.39. The second-order valence-corrected chi connectivity index (χ2v) is 8.30. The molecule has 1 aliphatic heterocycles. The molecule has 1 unspecified atom stereocenters. The second-order valence-electron chi connectivity index (χ2n) is 7.16. The van der Waals surface area contributed by atoms with Crippen LogP contribution in [-0.4, -0.2) is 10.8 Å². The van der Waals surface area contributed by atoms with Gasteiger partial charge in [-0.1, -0.05) is 75.2 Å². The van der Waals surface area contributed by atoms with E-state index in [1.165, 1.54) is 18.4 Å². The van der Waals surface area contributed by atoms with Gasteiger partial charge in [-0.15, -0.1) is 0 Å². The third-order valence-electron chi connectivity index (χ3n) is 5.60. The van der Waals surface area contributed by atoms with Crippen molar-refractivity contribution in [2.75, 3.05) is 6.61 Å². The molecule has 134 valence electrons. The zero-order valence-electron chi connectivity index (χ0n) is 15.2. The summed E-state index contributed by atoms with van der Waals surface area (Å²) in [6, 6.07) is 18.7. The van der Waals surface area contributed by atoms with Crippen molar-refractivity contribution in [3.05, 3.63) is 65.7 Å². The summed E-state index contributed by atoms with van der Waals surface area (Å²) in [4.78, 5) is 0.830. The average Bonchev–Trinajstić information content (AvgIpc) is 2.67. The van der Waals surface area contributed by atoms with E-state index < -0.39 is 11.1 Å². The summed E-state index contributed by atoms with van der Waals surface area (Å²) in [6.45, 7) is 5.06. The average molecular weight is 357 g/mol. The lowest BCUT2D eigenvalue weighted by Crippen LogP contribution is -2.32. The first-order valence-electron chi connectivity index (χ1n) is 9.38. The monoisotopic (exact) mass is 356 g/mol. The van der Waals surface area contributed by atoms with Crippen LogP contribution in [0, 0.1) is 5.41 Å². The summed E-state index contributed by atoms with van der Waals surface area (Å²) in [6.07, 6.45) is 5.59. The van der Waals surface area contributed by atoms with Crippen LogP contribution < -0.4 is 0 Å². The van der Waals surface area contributed by atoms with Gasteiger partial charge in [0.2, 0.25) is 0 Å². The van der Waals surface area contributed by atoms with Gasteiger partial charge < -0.3 is 0 Å². The Balaban J connectivity index is 2.08. The molecule has 0 spiro atoms. The Morgan fingerprint density at radius 3 is 2.52 bits per heavy atom. The third kappa shape index (κ3) is 4.04. The quantitative estimate of drug-likeness (QED) is 0.672. The summed E-state index contributed by atoms with van der Waals surface area (Å²) in [7, 11) is 0. The second kappa shape index (κ2) is 8.29. The normalized spacial score (nSPS) is 26.5. The lowest BCUT2D eigenvalue weighted by Gasteiger charge is -2.38. The highest BCUT2D eigenvalue weighted by atomic mass is 32.2. The Bertz CT molecular complexity index is 713. The van der Waals surface area contributed by atoms with Crippen LogP contribution in [0.4, 0.5) is 0 Å². The van der Waals surface area contributed by atoms with E-state index in [4.69, 9.17) is 4.18 Å². The van der Waals surface area contributed by atoms with Crippen LogP contribution in [-0.2, 0) is 15.3 Å². The van der Waals surface area contributed by atoms with Gasteiger partial charge in [0, 0.05) is 5.92 Å². The number of hydrogen-bond donors (Lipinski definition) is 0. The van der Waals surface area contributed by atoms with Gasteiger partial charge in [0.05, 0.1) is 11.5 Å². The molecule has 0 aliphatic carbocycles. The van der Waals surface area contributed by atoms with Crippen molar-refractivity contribution in [3.8, 4) is 0 Å². The van der Waals surface area contributed by atoms with Crippen molar-refractivity contribution in [3.63, 3.8) is 0 Å². The Labute approximate surface area is 154 Å². The van der Waals surface area contributed by atoms with E-state index in [1.54, 1.807) is 0 Å². The van der Waals surface area contributed by atoms with Crippen LogP contribution in [0.2, 0.25) is 0 Å². The summed E-state index contributed by atoms with van der Waals surface area (Å²) >= 11 is -1.39. The zero-order chi connectivity index (χ0) is 17.7. The molecule has 0 bridgehead atoms. The summed E-state index contributed by atoms with van der Waals surface area (Å²) in [5, 5.41) is 0. The lowest BCUT2D eigenvalue weighted by atomic mass is 9.71. The molecule has 2 aromatic carbocycles. The largest absolute Gasteiger partial charge is 0.286 e. The molecule has 1 heterocycles. The molecule has 0 radical (unpaired) electrons. The minimum absolute atomic E-state index is 0.0830. The predicted octanol–water partition coefficient (Wildman–Crippen LogP) is 5.85. The van der Waals surface area contributed by atoms with Crippen molar-refractivity contribution in [2.24, 2.45) is 5.41 Å². The molecule has 0 amide bonds. The fourth-order valence-corrected chi connectivity index (χ4v) is 4.97. The molecule has 2 aromatic rings. The molecule has 25 heavy (non-hydrogen) atoms. The Kier molecular flexibility index (Phi) is 6.08. The fraction of sp³-hybridized carbons (Fsp3) is 0.455. The summed E-state index contributed by atoms with van der Waals surface area (Å²) < 4.78 is 18.7. The van der Waals surface area contributed by atoms with Crippen molar-refractivity contribution in [2.45, 2.75) is 56.8 Å². The Morgan fingerprint density at radius 2 is 1.80 bits per heavy atom.